The van der Waals surface area contributed by atoms with E-state index in [2.05, 4.69) is 25.9 Å². The van der Waals surface area contributed by atoms with E-state index in [1.165, 1.54) is 17.9 Å². The second-order valence-electron chi connectivity index (χ2n) is 6.01. The van der Waals surface area contributed by atoms with E-state index in [0.717, 1.165) is 5.69 Å². The third-order valence-corrected chi connectivity index (χ3v) is 4.11. The average molecular weight is 369 g/mol. The molecule has 1 unspecified atom stereocenters. The minimum Gasteiger partial charge on any atom is -0.449 e. The van der Waals surface area contributed by atoms with E-state index in [4.69, 9.17) is 4.74 Å². The molecular formula is C17H19N7O3. The maximum Gasteiger partial charge on any atom is 0.338 e. The van der Waals surface area contributed by atoms with E-state index in [9.17, 15) is 9.59 Å². The molecule has 3 rings (SSSR count). The Kier molecular flexibility index (Phi) is 4.97. The molecule has 0 aliphatic rings. The topological polar surface area (TPSA) is 117 Å². The number of aromatic nitrogens is 6. The van der Waals surface area contributed by atoms with Crippen molar-refractivity contribution >= 4 is 17.6 Å². The SMILES string of the molecule is Cc1nn(C)c(C)c1NC(=O)C(C)OC(=O)c1cccc(-n2cnnn2)c1. The minimum atomic E-state index is -0.979. The zero-order valence-electron chi connectivity index (χ0n) is 15.4. The highest BCUT2D eigenvalue weighted by molar-refractivity contribution is 5.98. The first kappa shape index (κ1) is 18.2. The third-order valence-electron chi connectivity index (χ3n) is 4.11. The number of nitrogens with zero attached hydrogens (tertiary/aromatic N) is 6. The Morgan fingerprint density at radius 1 is 1.26 bits per heavy atom. The molecule has 0 aliphatic carbocycles. The molecule has 0 saturated heterocycles. The number of benzene rings is 1. The van der Waals surface area contributed by atoms with Crippen LogP contribution in [0.25, 0.3) is 5.69 Å². The summed E-state index contributed by atoms with van der Waals surface area (Å²) in [7, 11) is 1.79. The highest BCUT2D eigenvalue weighted by atomic mass is 16.5. The molecule has 0 radical (unpaired) electrons. The van der Waals surface area contributed by atoms with Crippen molar-refractivity contribution < 1.29 is 14.3 Å². The van der Waals surface area contributed by atoms with Crippen molar-refractivity contribution in [1.82, 2.24) is 30.0 Å². The second-order valence-corrected chi connectivity index (χ2v) is 6.01. The van der Waals surface area contributed by atoms with Crippen molar-refractivity contribution in [2.24, 2.45) is 7.05 Å². The summed E-state index contributed by atoms with van der Waals surface area (Å²) in [6, 6.07) is 6.60. The van der Waals surface area contributed by atoms with Gasteiger partial charge in [0.05, 0.1) is 28.3 Å². The van der Waals surface area contributed by atoms with Gasteiger partial charge in [0.1, 0.15) is 6.33 Å². The van der Waals surface area contributed by atoms with Crippen LogP contribution in [0.1, 0.15) is 28.7 Å². The number of hydrogen-bond acceptors (Lipinski definition) is 7. The molecule has 0 aliphatic heterocycles. The monoisotopic (exact) mass is 369 g/mol. The minimum absolute atomic E-state index is 0.288. The number of esters is 1. The Bertz CT molecular complexity index is 979. The van der Waals surface area contributed by atoms with Gasteiger partial charge in [0, 0.05) is 7.05 Å². The van der Waals surface area contributed by atoms with E-state index >= 15 is 0 Å². The standard InChI is InChI=1S/C17H19N7O3/c1-10-15(11(2)23(4)20-10)19-16(25)12(3)27-17(26)13-6-5-7-14(8-13)24-9-18-21-22-24/h5-9,12H,1-4H3,(H,19,25). The zero-order valence-corrected chi connectivity index (χ0v) is 15.4. The molecule has 140 valence electrons. The lowest BCUT2D eigenvalue weighted by atomic mass is 10.2. The summed E-state index contributed by atoms with van der Waals surface area (Å²) in [5.74, 6) is -1.05. The molecule has 1 N–H and O–H groups in total. The zero-order chi connectivity index (χ0) is 19.6. The van der Waals surface area contributed by atoms with Gasteiger partial charge in [-0.05, 0) is 49.4 Å². The molecular weight excluding hydrogens is 350 g/mol. The van der Waals surface area contributed by atoms with Crippen molar-refractivity contribution in [1.29, 1.82) is 0 Å². The van der Waals surface area contributed by atoms with E-state index in [-0.39, 0.29) is 5.56 Å². The van der Waals surface area contributed by atoms with E-state index < -0.39 is 18.0 Å². The second kappa shape index (κ2) is 7.36. The van der Waals surface area contributed by atoms with Crippen molar-refractivity contribution in [2.45, 2.75) is 26.9 Å². The summed E-state index contributed by atoms with van der Waals surface area (Å²) < 4.78 is 8.38. The summed E-state index contributed by atoms with van der Waals surface area (Å²) in [5, 5.41) is 17.9. The molecule has 1 amide bonds. The van der Waals surface area contributed by atoms with E-state index in [1.54, 1.807) is 42.9 Å². The fourth-order valence-corrected chi connectivity index (χ4v) is 2.52. The van der Waals surface area contributed by atoms with Crippen molar-refractivity contribution in [3.05, 3.63) is 47.5 Å². The van der Waals surface area contributed by atoms with Crippen LogP contribution in [-0.4, -0.2) is 48.0 Å². The van der Waals surface area contributed by atoms with Gasteiger partial charge in [-0.1, -0.05) is 6.07 Å². The molecule has 2 heterocycles. The average Bonchev–Trinajstić information content (AvgIpc) is 3.26. The predicted molar refractivity (Wildman–Crippen MR) is 95.3 cm³/mol. The highest BCUT2D eigenvalue weighted by Crippen LogP contribution is 2.19. The molecule has 27 heavy (non-hydrogen) atoms. The lowest BCUT2D eigenvalue weighted by Crippen LogP contribution is -2.30. The molecule has 0 fully saturated rings. The molecule has 10 heteroatoms. The summed E-state index contributed by atoms with van der Waals surface area (Å²) in [6.45, 7) is 5.15. The fraction of sp³-hybridized carbons (Fsp3) is 0.294. The third kappa shape index (κ3) is 3.84. The number of ether oxygens (including phenoxy) is 1. The number of rotatable bonds is 5. The number of amides is 1. The molecule has 0 bridgehead atoms. The van der Waals surface area contributed by atoms with Crippen molar-refractivity contribution in [3.63, 3.8) is 0 Å². The summed E-state index contributed by atoms with van der Waals surface area (Å²) in [4.78, 5) is 24.8. The van der Waals surface area contributed by atoms with Crippen LogP contribution in [0.4, 0.5) is 5.69 Å². The number of carbonyl (C=O) groups excluding carboxylic acids is 2. The summed E-state index contributed by atoms with van der Waals surface area (Å²) in [6.07, 6.45) is 0.437. The van der Waals surface area contributed by atoms with Gasteiger partial charge in [-0.3, -0.25) is 9.48 Å². The van der Waals surface area contributed by atoms with Crippen LogP contribution >= 0.6 is 0 Å². The van der Waals surface area contributed by atoms with Gasteiger partial charge in [-0.2, -0.15) is 5.10 Å². The lowest BCUT2D eigenvalue weighted by molar-refractivity contribution is -0.123. The highest BCUT2D eigenvalue weighted by Gasteiger charge is 2.21. The van der Waals surface area contributed by atoms with Gasteiger partial charge in [0.15, 0.2) is 6.10 Å². The molecule has 2 aromatic heterocycles. The molecule has 0 saturated carbocycles. The number of carbonyl (C=O) groups is 2. The van der Waals surface area contributed by atoms with Crippen LogP contribution in [0, 0.1) is 13.8 Å². The smallest absolute Gasteiger partial charge is 0.338 e. The van der Waals surface area contributed by atoms with E-state index in [1.807, 2.05) is 6.92 Å². The Labute approximate surface area is 155 Å². The normalized spacial score (nSPS) is 11.9. The van der Waals surface area contributed by atoms with Crippen LogP contribution in [0.2, 0.25) is 0 Å². The molecule has 3 aromatic rings. The largest absolute Gasteiger partial charge is 0.449 e. The molecule has 10 nitrogen and oxygen atoms in total. The number of hydrogen-bond donors (Lipinski definition) is 1. The molecule has 1 atom stereocenters. The fourth-order valence-electron chi connectivity index (χ4n) is 2.52. The Hall–Kier alpha value is -3.56. The molecule has 1 aromatic carbocycles. The quantitative estimate of drug-likeness (QED) is 0.672. The lowest BCUT2D eigenvalue weighted by Gasteiger charge is -2.14. The predicted octanol–water partition coefficient (Wildman–Crippen LogP) is 1.20. The maximum absolute atomic E-state index is 12.4. The van der Waals surface area contributed by atoms with Crippen molar-refractivity contribution in [3.8, 4) is 5.69 Å². The summed E-state index contributed by atoms with van der Waals surface area (Å²) in [5.41, 5.74) is 3.01. The molecule has 0 spiro atoms. The van der Waals surface area contributed by atoms with Gasteiger partial charge >= 0.3 is 5.97 Å². The van der Waals surface area contributed by atoms with Crippen LogP contribution in [0.3, 0.4) is 0 Å². The van der Waals surface area contributed by atoms with E-state index in [0.29, 0.717) is 17.1 Å². The Morgan fingerprint density at radius 3 is 2.67 bits per heavy atom. The first-order valence-corrected chi connectivity index (χ1v) is 8.22. The summed E-state index contributed by atoms with van der Waals surface area (Å²) >= 11 is 0. The first-order valence-electron chi connectivity index (χ1n) is 8.22. The number of aryl methyl sites for hydroxylation is 2. The van der Waals surface area contributed by atoms with Crippen molar-refractivity contribution in [2.75, 3.05) is 5.32 Å². The van der Waals surface area contributed by atoms with Gasteiger partial charge in [0.25, 0.3) is 5.91 Å². The Balaban J connectivity index is 1.68. The van der Waals surface area contributed by atoms with Crippen LogP contribution < -0.4 is 5.32 Å². The number of nitrogens with one attached hydrogen (secondary N) is 1. The van der Waals surface area contributed by atoms with Gasteiger partial charge < -0.3 is 10.1 Å². The number of tetrazole rings is 1. The van der Waals surface area contributed by atoms with Crippen LogP contribution in [0.5, 0.6) is 0 Å². The van der Waals surface area contributed by atoms with Crippen LogP contribution in [-0.2, 0) is 16.6 Å². The van der Waals surface area contributed by atoms with Gasteiger partial charge in [-0.25, -0.2) is 9.48 Å². The van der Waals surface area contributed by atoms with Crippen LogP contribution in [0.15, 0.2) is 30.6 Å². The first-order chi connectivity index (χ1) is 12.9. The van der Waals surface area contributed by atoms with Gasteiger partial charge in [0.2, 0.25) is 0 Å². The Morgan fingerprint density at radius 2 is 2.04 bits per heavy atom. The number of anilines is 1. The maximum atomic E-state index is 12.4. The van der Waals surface area contributed by atoms with Gasteiger partial charge in [-0.15, -0.1) is 5.10 Å².